The number of nitrogens with zero attached hydrogens (tertiary/aromatic N) is 1. The molecule has 1 aromatic heterocycles. The van der Waals surface area contributed by atoms with Gasteiger partial charge in [-0.25, -0.2) is 12.7 Å². The summed E-state index contributed by atoms with van der Waals surface area (Å²) in [5.41, 5.74) is 0. The smallest absolute Gasteiger partial charge is 0.252 e. The topological polar surface area (TPSA) is 46.6 Å². The molecule has 0 aliphatic carbocycles. The summed E-state index contributed by atoms with van der Waals surface area (Å²) >= 11 is 4.47. The summed E-state index contributed by atoms with van der Waals surface area (Å²) in [4.78, 5) is 0. The number of rotatable bonds is 6. The Morgan fingerprint density at radius 2 is 2.19 bits per heavy atom. The van der Waals surface area contributed by atoms with Crippen LogP contribution in [0.2, 0.25) is 0 Å². The molecule has 92 valence electrons. The SMILES string of the molecule is COCCCN(C)S(=O)(=O)c1ccc(Br)s1. The molecule has 7 heteroatoms. The molecule has 0 bridgehead atoms. The lowest BCUT2D eigenvalue weighted by molar-refractivity contribution is 0.189. The minimum atomic E-state index is -3.33. The van der Waals surface area contributed by atoms with E-state index in [1.165, 1.54) is 15.6 Å². The molecule has 1 heterocycles. The lowest BCUT2D eigenvalue weighted by Gasteiger charge is -2.15. The molecular formula is C9H14BrNO3S2. The zero-order chi connectivity index (χ0) is 12.2. The maximum absolute atomic E-state index is 12.0. The van der Waals surface area contributed by atoms with Crippen molar-refractivity contribution in [2.24, 2.45) is 0 Å². The third-order valence-electron chi connectivity index (χ3n) is 2.03. The summed E-state index contributed by atoms with van der Waals surface area (Å²) in [6, 6.07) is 3.34. The fourth-order valence-corrected chi connectivity index (χ4v) is 4.57. The molecule has 0 aliphatic rings. The van der Waals surface area contributed by atoms with Crippen LogP contribution in [-0.2, 0) is 14.8 Å². The van der Waals surface area contributed by atoms with Crippen LogP contribution in [0.4, 0.5) is 0 Å². The van der Waals surface area contributed by atoms with Gasteiger partial charge in [-0.15, -0.1) is 11.3 Å². The van der Waals surface area contributed by atoms with Crippen molar-refractivity contribution in [3.8, 4) is 0 Å². The number of methoxy groups -OCH3 is 1. The van der Waals surface area contributed by atoms with E-state index in [-0.39, 0.29) is 0 Å². The van der Waals surface area contributed by atoms with Crippen LogP contribution < -0.4 is 0 Å². The summed E-state index contributed by atoms with van der Waals surface area (Å²) in [7, 11) is -0.148. The van der Waals surface area contributed by atoms with Crippen LogP contribution in [0.3, 0.4) is 0 Å². The zero-order valence-electron chi connectivity index (χ0n) is 9.14. The van der Waals surface area contributed by atoms with Crippen molar-refractivity contribution < 1.29 is 13.2 Å². The van der Waals surface area contributed by atoms with Crippen LogP contribution in [0, 0.1) is 0 Å². The zero-order valence-corrected chi connectivity index (χ0v) is 12.4. The Bertz CT molecular complexity index is 430. The number of hydrogen-bond donors (Lipinski definition) is 0. The highest BCUT2D eigenvalue weighted by Crippen LogP contribution is 2.27. The highest BCUT2D eigenvalue weighted by atomic mass is 79.9. The van der Waals surface area contributed by atoms with Gasteiger partial charge < -0.3 is 4.74 Å². The third kappa shape index (κ3) is 3.53. The predicted octanol–water partition coefficient (Wildman–Crippen LogP) is 2.17. The monoisotopic (exact) mass is 327 g/mol. The van der Waals surface area contributed by atoms with E-state index < -0.39 is 10.0 Å². The standard InChI is InChI=1S/C9H14BrNO3S2/c1-11(6-3-7-14-2)16(12,13)9-5-4-8(10)15-9/h4-5H,3,6-7H2,1-2H3. The van der Waals surface area contributed by atoms with Gasteiger partial charge >= 0.3 is 0 Å². The Hall–Kier alpha value is 0.0500. The summed E-state index contributed by atoms with van der Waals surface area (Å²) < 4.78 is 31.4. The number of hydrogen-bond acceptors (Lipinski definition) is 4. The van der Waals surface area contributed by atoms with Gasteiger partial charge in [-0.2, -0.15) is 0 Å². The molecular weight excluding hydrogens is 314 g/mol. The molecule has 0 fully saturated rings. The first-order chi connectivity index (χ1) is 7.48. The molecule has 0 N–H and O–H groups in total. The lowest BCUT2D eigenvalue weighted by Crippen LogP contribution is -2.27. The van der Waals surface area contributed by atoms with E-state index in [2.05, 4.69) is 15.9 Å². The van der Waals surface area contributed by atoms with Gasteiger partial charge in [0.25, 0.3) is 10.0 Å². The molecule has 0 radical (unpaired) electrons. The molecule has 0 atom stereocenters. The van der Waals surface area contributed by atoms with E-state index in [4.69, 9.17) is 4.74 Å². The summed E-state index contributed by atoms with van der Waals surface area (Å²) in [6.45, 7) is 1.03. The number of halogens is 1. The van der Waals surface area contributed by atoms with E-state index in [1.807, 2.05) is 0 Å². The molecule has 0 amide bonds. The molecule has 0 saturated carbocycles. The average Bonchev–Trinajstić information content (AvgIpc) is 2.65. The molecule has 1 aromatic rings. The second kappa shape index (κ2) is 6.11. The highest BCUT2D eigenvalue weighted by Gasteiger charge is 2.21. The van der Waals surface area contributed by atoms with Gasteiger partial charge in [0.15, 0.2) is 0 Å². The molecule has 4 nitrogen and oxygen atoms in total. The Morgan fingerprint density at radius 3 is 2.69 bits per heavy atom. The van der Waals surface area contributed by atoms with Crippen molar-refractivity contribution in [1.29, 1.82) is 0 Å². The lowest BCUT2D eigenvalue weighted by atomic mass is 10.5. The highest BCUT2D eigenvalue weighted by molar-refractivity contribution is 9.11. The minimum absolute atomic E-state index is 0.360. The number of ether oxygens (including phenoxy) is 1. The van der Waals surface area contributed by atoms with Crippen molar-refractivity contribution in [2.75, 3.05) is 27.3 Å². The van der Waals surface area contributed by atoms with Gasteiger partial charge in [-0.3, -0.25) is 0 Å². The Labute approximate surface area is 108 Å². The Kier molecular flexibility index (Phi) is 5.39. The van der Waals surface area contributed by atoms with Crippen LogP contribution in [0.25, 0.3) is 0 Å². The quantitative estimate of drug-likeness (QED) is 0.752. The average molecular weight is 328 g/mol. The van der Waals surface area contributed by atoms with Crippen molar-refractivity contribution >= 4 is 37.3 Å². The summed E-state index contributed by atoms with van der Waals surface area (Å²) in [5.74, 6) is 0. The van der Waals surface area contributed by atoms with Gasteiger partial charge in [0.2, 0.25) is 0 Å². The van der Waals surface area contributed by atoms with Crippen LogP contribution >= 0.6 is 27.3 Å². The fourth-order valence-electron chi connectivity index (χ4n) is 1.14. The number of sulfonamides is 1. The number of thiophene rings is 1. The van der Waals surface area contributed by atoms with E-state index >= 15 is 0 Å². The summed E-state index contributed by atoms with van der Waals surface area (Å²) in [5, 5.41) is 0. The molecule has 16 heavy (non-hydrogen) atoms. The third-order valence-corrected chi connectivity index (χ3v) is 5.98. The van der Waals surface area contributed by atoms with Gasteiger partial charge in [0, 0.05) is 27.3 Å². The van der Waals surface area contributed by atoms with Crippen LogP contribution in [0.5, 0.6) is 0 Å². The first kappa shape index (κ1) is 14.1. The first-order valence-corrected chi connectivity index (χ1v) is 7.74. The molecule has 0 aliphatic heterocycles. The van der Waals surface area contributed by atoms with Gasteiger partial charge in [0.05, 0.1) is 3.79 Å². The fraction of sp³-hybridized carbons (Fsp3) is 0.556. The van der Waals surface area contributed by atoms with Gasteiger partial charge in [-0.05, 0) is 34.5 Å². The van der Waals surface area contributed by atoms with Crippen LogP contribution in [0.1, 0.15) is 6.42 Å². The predicted molar refractivity (Wildman–Crippen MR) is 68.3 cm³/mol. The summed E-state index contributed by atoms with van der Waals surface area (Å²) in [6.07, 6.45) is 0.693. The van der Waals surface area contributed by atoms with Gasteiger partial charge in [-0.1, -0.05) is 0 Å². The Balaban J connectivity index is 2.70. The second-order valence-corrected chi connectivity index (χ2v) is 7.97. The van der Waals surface area contributed by atoms with Crippen molar-refractivity contribution in [3.05, 3.63) is 15.9 Å². The molecule has 0 saturated heterocycles. The van der Waals surface area contributed by atoms with Gasteiger partial charge in [0.1, 0.15) is 4.21 Å². The van der Waals surface area contributed by atoms with Crippen molar-refractivity contribution in [1.82, 2.24) is 4.31 Å². The molecule has 0 aromatic carbocycles. The first-order valence-electron chi connectivity index (χ1n) is 4.69. The maximum atomic E-state index is 12.0. The van der Waals surface area contributed by atoms with E-state index in [9.17, 15) is 8.42 Å². The van der Waals surface area contributed by atoms with Crippen LogP contribution in [-0.4, -0.2) is 40.0 Å². The maximum Gasteiger partial charge on any atom is 0.252 e. The van der Waals surface area contributed by atoms with E-state index in [1.54, 1.807) is 26.3 Å². The second-order valence-electron chi connectivity index (χ2n) is 3.23. The molecule has 0 unspecified atom stereocenters. The van der Waals surface area contributed by atoms with E-state index in [0.717, 1.165) is 3.79 Å². The Morgan fingerprint density at radius 1 is 1.50 bits per heavy atom. The van der Waals surface area contributed by atoms with Crippen molar-refractivity contribution in [3.63, 3.8) is 0 Å². The normalized spacial score (nSPS) is 12.2. The molecule has 1 rings (SSSR count). The minimum Gasteiger partial charge on any atom is -0.385 e. The van der Waals surface area contributed by atoms with Crippen LogP contribution in [0.15, 0.2) is 20.1 Å². The molecule has 0 spiro atoms. The largest absolute Gasteiger partial charge is 0.385 e. The van der Waals surface area contributed by atoms with E-state index in [0.29, 0.717) is 23.8 Å². The van der Waals surface area contributed by atoms with Crippen molar-refractivity contribution in [2.45, 2.75) is 10.6 Å².